The molecule has 0 saturated heterocycles. The van der Waals surface area contributed by atoms with Crippen molar-refractivity contribution >= 4 is 27.5 Å². The van der Waals surface area contributed by atoms with E-state index < -0.39 is 0 Å². The molecule has 3 aromatic rings. The van der Waals surface area contributed by atoms with Gasteiger partial charge in [-0.15, -0.1) is 11.3 Å². The molecule has 1 saturated carbocycles. The summed E-state index contributed by atoms with van der Waals surface area (Å²) in [4.78, 5) is 23.3. The zero-order valence-corrected chi connectivity index (χ0v) is 14.8. The number of nitrogens with one attached hydrogen (secondary N) is 1. The Morgan fingerprint density at radius 2 is 2.24 bits per heavy atom. The van der Waals surface area contributed by atoms with Gasteiger partial charge in [-0.2, -0.15) is 0 Å². The van der Waals surface area contributed by atoms with Gasteiger partial charge < -0.3 is 14.8 Å². The number of imidazole rings is 1. The number of hydrogen-bond acceptors (Lipinski definition) is 4. The number of fused-ring (bicyclic) bond motifs is 2. The van der Waals surface area contributed by atoms with E-state index in [1.807, 2.05) is 23.4 Å². The number of amides is 2. The maximum Gasteiger partial charge on any atom is 0.317 e. The number of hydrogen-bond donors (Lipinski definition) is 1. The third-order valence-electron chi connectivity index (χ3n) is 5.11. The van der Waals surface area contributed by atoms with Gasteiger partial charge >= 0.3 is 6.03 Å². The second-order valence-electron chi connectivity index (χ2n) is 6.69. The fourth-order valence-electron chi connectivity index (χ4n) is 3.65. The van der Waals surface area contributed by atoms with Crippen LogP contribution in [0.5, 0.6) is 0 Å². The number of pyridine rings is 1. The lowest BCUT2D eigenvalue weighted by atomic mass is 10.1. The number of carbonyl (C=O) groups excluding carboxylic acids is 1. The lowest BCUT2D eigenvalue weighted by Crippen LogP contribution is -2.43. The average Bonchev–Trinajstić information content (AvgIpc) is 3.30. The highest BCUT2D eigenvalue weighted by atomic mass is 32.1. The van der Waals surface area contributed by atoms with Crippen molar-refractivity contribution in [3.05, 3.63) is 35.4 Å². The Bertz CT molecular complexity index is 971. The van der Waals surface area contributed by atoms with Crippen LogP contribution in [-0.2, 0) is 13.1 Å². The summed E-state index contributed by atoms with van der Waals surface area (Å²) in [6.07, 6.45) is 6.19. The Balaban J connectivity index is 1.66. The molecule has 5 rings (SSSR count). The molecule has 2 aliphatic rings. The average molecular weight is 353 g/mol. The third-order valence-corrected chi connectivity index (χ3v) is 6.07. The van der Waals surface area contributed by atoms with Crippen molar-refractivity contribution in [2.45, 2.75) is 31.8 Å². The van der Waals surface area contributed by atoms with E-state index in [1.54, 1.807) is 18.4 Å². The van der Waals surface area contributed by atoms with Crippen molar-refractivity contribution in [1.29, 1.82) is 0 Å². The number of carbonyl (C=O) groups is 1. The minimum atomic E-state index is -0.0248. The van der Waals surface area contributed by atoms with Crippen LogP contribution in [0.15, 0.2) is 23.8 Å². The highest BCUT2D eigenvalue weighted by Crippen LogP contribution is 2.44. The molecule has 0 bridgehead atoms. The zero-order chi connectivity index (χ0) is 17.0. The van der Waals surface area contributed by atoms with Gasteiger partial charge in [0.2, 0.25) is 0 Å². The van der Waals surface area contributed by atoms with Crippen LogP contribution >= 0.6 is 11.3 Å². The van der Waals surface area contributed by atoms with Crippen LogP contribution in [-0.4, -0.2) is 39.1 Å². The first-order valence-electron chi connectivity index (χ1n) is 8.64. The largest absolute Gasteiger partial charge is 0.341 e. The molecule has 1 aliphatic carbocycles. The number of urea groups is 1. The van der Waals surface area contributed by atoms with E-state index in [0.717, 1.165) is 35.4 Å². The second-order valence-corrected chi connectivity index (χ2v) is 7.60. The topological polar surface area (TPSA) is 63.1 Å². The summed E-state index contributed by atoms with van der Waals surface area (Å²) in [6.45, 7) is 2.16. The van der Waals surface area contributed by atoms with Gasteiger partial charge in [0.15, 0.2) is 0 Å². The van der Waals surface area contributed by atoms with Gasteiger partial charge in [-0.05, 0) is 18.9 Å². The Labute approximate surface area is 149 Å². The molecule has 3 aromatic heterocycles. The molecule has 2 amide bonds. The highest BCUT2D eigenvalue weighted by Gasteiger charge is 2.34. The molecular weight excluding hydrogens is 334 g/mol. The molecule has 7 heteroatoms. The van der Waals surface area contributed by atoms with Crippen LogP contribution in [0.3, 0.4) is 0 Å². The first kappa shape index (κ1) is 14.9. The van der Waals surface area contributed by atoms with Crippen LogP contribution in [0, 0.1) is 0 Å². The molecule has 1 N–H and O–H groups in total. The molecule has 4 heterocycles. The van der Waals surface area contributed by atoms with Gasteiger partial charge in [-0.1, -0.05) is 0 Å². The van der Waals surface area contributed by atoms with Crippen molar-refractivity contribution in [1.82, 2.24) is 24.8 Å². The predicted octanol–water partition coefficient (Wildman–Crippen LogP) is 3.19. The van der Waals surface area contributed by atoms with E-state index in [4.69, 9.17) is 4.98 Å². The van der Waals surface area contributed by atoms with Crippen molar-refractivity contribution < 1.29 is 4.79 Å². The molecule has 0 radical (unpaired) electrons. The van der Waals surface area contributed by atoms with Crippen LogP contribution in [0.25, 0.3) is 21.3 Å². The Kier molecular flexibility index (Phi) is 3.31. The normalized spacial score (nSPS) is 16.9. The van der Waals surface area contributed by atoms with Crippen molar-refractivity contribution in [3.8, 4) is 11.3 Å². The second kappa shape index (κ2) is 5.56. The summed E-state index contributed by atoms with van der Waals surface area (Å²) in [5, 5.41) is 6.06. The molecule has 25 heavy (non-hydrogen) atoms. The van der Waals surface area contributed by atoms with Gasteiger partial charge in [-0.3, -0.25) is 4.98 Å². The zero-order valence-electron chi connectivity index (χ0n) is 14.0. The quantitative estimate of drug-likeness (QED) is 0.769. The van der Waals surface area contributed by atoms with Crippen molar-refractivity contribution in [2.75, 3.05) is 13.6 Å². The number of nitrogens with zero attached hydrogens (tertiary/aromatic N) is 4. The monoisotopic (exact) mass is 353 g/mol. The Morgan fingerprint density at radius 1 is 1.36 bits per heavy atom. The van der Waals surface area contributed by atoms with E-state index in [-0.39, 0.29) is 6.03 Å². The molecule has 0 spiro atoms. The predicted molar refractivity (Wildman–Crippen MR) is 97.7 cm³/mol. The first-order chi connectivity index (χ1) is 12.3. The molecule has 1 fully saturated rings. The fourth-order valence-corrected chi connectivity index (χ4v) is 4.56. The van der Waals surface area contributed by atoms with Crippen molar-refractivity contribution in [3.63, 3.8) is 0 Å². The summed E-state index contributed by atoms with van der Waals surface area (Å²) in [5.41, 5.74) is 3.32. The van der Waals surface area contributed by atoms with Crippen LogP contribution in [0.2, 0.25) is 0 Å². The van der Waals surface area contributed by atoms with Gasteiger partial charge in [0.25, 0.3) is 0 Å². The van der Waals surface area contributed by atoms with Crippen LogP contribution in [0.1, 0.15) is 30.3 Å². The summed E-state index contributed by atoms with van der Waals surface area (Å²) < 4.78 is 3.57. The summed E-state index contributed by atoms with van der Waals surface area (Å²) in [5.74, 6) is 1.78. The molecule has 0 atom stereocenters. The minimum Gasteiger partial charge on any atom is -0.341 e. The molecule has 6 nitrogen and oxygen atoms in total. The van der Waals surface area contributed by atoms with Gasteiger partial charge in [-0.25, -0.2) is 9.78 Å². The standard InChI is InChI=1S/C18H19N5OS/c1-19-18(24)22-6-7-23-14(9-22)16(21-17(23)11-2-3-11)13-10-25-15-4-5-20-8-12(13)15/h4-5,8,10-11H,2-3,6-7,9H2,1H3,(H,19,24). The van der Waals surface area contributed by atoms with Gasteiger partial charge in [0, 0.05) is 59.5 Å². The number of thiophene rings is 1. The SMILES string of the molecule is CNC(=O)N1CCn2c(C3CC3)nc(-c3csc4ccncc34)c2C1. The first-order valence-corrected chi connectivity index (χ1v) is 9.51. The van der Waals surface area contributed by atoms with E-state index in [0.29, 0.717) is 12.5 Å². The molecule has 0 unspecified atom stereocenters. The van der Waals surface area contributed by atoms with E-state index in [2.05, 4.69) is 20.2 Å². The molecule has 1 aliphatic heterocycles. The molecule has 128 valence electrons. The summed E-state index contributed by atoms with van der Waals surface area (Å²) in [6, 6.07) is 2.02. The Morgan fingerprint density at radius 3 is 3.04 bits per heavy atom. The minimum absolute atomic E-state index is 0.0248. The van der Waals surface area contributed by atoms with Gasteiger partial charge in [0.1, 0.15) is 5.82 Å². The highest BCUT2D eigenvalue weighted by molar-refractivity contribution is 7.17. The molecule has 0 aromatic carbocycles. The number of aromatic nitrogens is 3. The summed E-state index contributed by atoms with van der Waals surface area (Å²) >= 11 is 1.72. The van der Waals surface area contributed by atoms with Crippen molar-refractivity contribution in [2.24, 2.45) is 0 Å². The smallest absolute Gasteiger partial charge is 0.317 e. The van der Waals surface area contributed by atoms with E-state index >= 15 is 0 Å². The summed E-state index contributed by atoms with van der Waals surface area (Å²) in [7, 11) is 1.68. The third kappa shape index (κ3) is 2.33. The van der Waals surface area contributed by atoms with E-state index in [9.17, 15) is 4.79 Å². The van der Waals surface area contributed by atoms with Crippen LogP contribution < -0.4 is 5.32 Å². The lowest BCUT2D eigenvalue weighted by Gasteiger charge is -2.29. The van der Waals surface area contributed by atoms with E-state index in [1.165, 1.54) is 23.4 Å². The number of rotatable bonds is 2. The van der Waals surface area contributed by atoms with Crippen LogP contribution in [0.4, 0.5) is 4.79 Å². The Hall–Kier alpha value is -2.41. The maximum atomic E-state index is 12.1. The maximum absolute atomic E-state index is 12.1. The lowest BCUT2D eigenvalue weighted by molar-refractivity contribution is 0.185. The molecular formula is C18H19N5OS. The van der Waals surface area contributed by atoms with Gasteiger partial charge in [0.05, 0.1) is 17.9 Å². The fraction of sp³-hybridized carbons (Fsp3) is 0.389.